The molecule has 0 spiro atoms. The molecule has 2 aromatic rings. The number of carbonyl (C=O) groups is 1. The van der Waals surface area contributed by atoms with Crippen LogP contribution in [0.4, 0.5) is 0 Å². The molecule has 1 aromatic heterocycles. The van der Waals surface area contributed by atoms with Crippen LogP contribution in [0.25, 0.3) is 11.4 Å². The lowest BCUT2D eigenvalue weighted by atomic mass is 9.97. The molecule has 1 fully saturated rings. The van der Waals surface area contributed by atoms with E-state index in [-0.39, 0.29) is 5.91 Å². The van der Waals surface area contributed by atoms with Gasteiger partial charge in [-0.2, -0.15) is 4.98 Å². The predicted molar refractivity (Wildman–Crippen MR) is 102 cm³/mol. The normalized spacial score (nSPS) is 17.1. The molecule has 1 unspecified atom stereocenters. The first-order valence-corrected chi connectivity index (χ1v) is 9.67. The Hall–Kier alpha value is -2.41. The second-order valence-corrected chi connectivity index (χ2v) is 6.87. The summed E-state index contributed by atoms with van der Waals surface area (Å²) in [4.78, 5) is 18.9. The molecule has 1 saturated heterocycles. The van der Waals surface area contributed by atoms with Gasteiger partial charge in [0, 0.05) is 31.5 Å². The van der Waals surface area contributed by atoms with Gasteiger partial charge in [0.1, 0.15) is 5.75 Å². The number of piperidine rings is 1. The zero-order valence-electron chi connectivity index (χ0n) is 16.1. The average molecular weight is 372 g/mol. The number of hydrogen-bond donors (Lipinski definition) is 1. The Kier molecular flexibility index (Phi) is 6.81. The first-order chi connectivity index (χ1) is 13.2. The van der Waals surface area contributed by atoms with Crippen LogP contribution in [-0.4, -0.2) is 54.2 Å². The minimum Gasteiger partial charge on any atom is -0.494 e. The quantitative estimate of drug-likeness (QED) is 0.767. The highest BCUT2D eigenvalue weighted by atomic mass is 16.5. The molecule has 1 aliphatic rings. The van der Waals surface area contributed by atoms with Crippen LogP contribution >= 0.6 is 0 Å². The standard InChI is InChI=1S/C20H28N4O3/c1-3-26-17-8-6-16(7-9-17)20-22-18(27-23-20)10-11-19(25)24-12-4-5-15(14-24)13-21-2/h6-9,15,21H,3-5,10-14H2,1-2H3. The van der Waals surface area contributed by atoms with Gasteiger partial charge >= 0.3 is 0 Å². The van der Waals surface area contributed by atoms with Crippen LogP contribution in [0.3, 0.4) is 0 Å². The van der Waals surface area contributed by atoms with Gasteiger partial charge in [-0.1, -0.05) is 5.16 Å². The molecule has 7 nitrogen and oxygen atoms in total. The largest absolute Gasteiger partial charge is 0.494 e. The van der Waals surface area contributed by atoms with Crippen molar-refractivity contribution in [3.05, 3.63) is 30.2 Å². The van der Waals surface area contributed by atoms with Crippen molar-refractivity contribution in [1.29, 1.82) is 0 Å². The maximum atomic E-state index is 12.5. The Morgan fingerprint density at radius 2 is 2.19 bits per heavy atom. The van der Waals surface area contributed by atoms with Crippen molar-refractivity contribution in [3.8, 4) is 17.1 Å². The van der Waals surface area contributed by atoms with Crippen molar-refractivity contribution >= 4 is 5.91 Å². The Morgan fingerprint density at radius 1 is 1.37 bits per heavy atom. The average Bonchev–Trinajstić information content (AvgIpc) is 3.16. The molecular weight excluding hydrogens is 344 g/mol. The zero-order valence-corrected chi connectivity index (χ0v) is 16.1. The van der Waals surface area contributed by atoms with Crippen LogP contribution in [0.5, 0.6) is 5.75 Å². The van der Waals surface area contributed by atoms with E-state index in [1.54, 1.807) is 0 Å². The lowest BCUT2D eigenvalue weighted by molar-refractivity contribution is -0.133. The third-order valence-corrected chi connectivity index (χ3v) is 4.81. The number of aromatic nitrogens is 2. The Bertz CT molecular complexity index is 727. The summed E-state index contributed by atoms with van der Waals surface area (Å²) >= 11 is 0. The number of rotatable bonds is 8. The van der Waals surface area contributed by atoms with Gasteiger partial charge < -0.3 is 19.5 Å². The number of carbonyl (C=O) groups excluding carboxylic acids is 1. The summed E-state index contributed by atoms with van der Waals surface area (Å²) in [6.07, 6.45) is 3.12. The van der Waals surface area contributed by atoms with Crippen molar-refractivity contribution in [2.24, 2.45) is 5.92 Å². The van der Waals surface area contributed by atoms with E-state index in [2.05, 4.69) is 15.5 Å². The van der Waals surface area contributed by atoms with Gasteiger partial charge in [0.05, 0.1) is 6.61 Å². The van der Waals surface area contributed by atoms with E-state index in [1.807, 2.05) is 43.1 Å². The highest BCUT2D eigenvalue weighted by Gasteiger charge is 2.23. The molecular formula is C20H28N4O3. The van der Waals surface area contributed by atoms with Crippen LogP contribution in [0.15, 0.2) is 28.8 Å². The summed E-state index contributed by atoms with van der Waals surface area (Å²) in [6.45, 7) is 5.22. The fourth-order valence-corrected chi connectivity index (χ4v) is 3.46. The van der Waals surface area contributed by atoms with Gasteiger partial charge in [0.2, 0.25) is 17.6 Å². The summed E-state index contributed by atoms with van der Waals surface area (Å²) in [6, 6.07) is 7.58. The molecule has 0 saturated carbocycles. The summed E-state index contributed by atoms with van der Waals surface area (Å²) < 4.78 is 10.8. The lowest BCUT2D eigenvalue weighted by Crippen LogP contribution is -2.42. The van der Waals surface area contributed by atoms with Crippen LogP contribution in [0.2, 0.25) is 0 Å². The van der Waals surface area contributed by atoms with Gasteiger partial charge in [-0.05, 0) is 63.5 Å². The summed E-state index contributed by atoms with van der Waals surface area (Å²) in [5, 5.41) is 7.23. The monoisotopic (exact) mass is 372 g/mol. The first kappa shape index (κ1) is 19.4. The van der Waals surface area contributed by atoms with Crippen molar-refractivity contribution in [2.75, 3.05) is 33.3 Å². The molecule has 7 heteroatoms. The van der Waals surface area contributed by atoms with Crippen molar-refractivity contribution < 1.29 is 14.1 Å². The van der Waals surface area contributed by atoms with E-state index < -0.39 is 0 Å². The number of nitrogens with one attached hydrogen (secondary N) is 1. The van der Waals surface area contributed by atoms with E-state index in [1.165, 1.54) is 6.42 Å². The fourth-order valence-electron chi connectivity index (χ4n) is 3.46. The Labute approximate surface area is 160 Å². The number of hydrogen-bond acceptors (Lipinski definition) is 6. The van der Waals surface area contributed by atoms with Gasteiger partial charge in [-0.3, -0.25) is 4.79 Å². The highest BCUT2D eigenvalue weighted by molar-refractivity contribution is 5.76. The molecule has 1 amide bonds. The summed E-state index contributed by atoms with van der Waals surface area (Å²) in [5.74, 6) is 2.55. The van der Waals surface area contributed by atoms with Gasteiger partial charge in [-0.25, -0.2) is 0 Å². The second kappa shape index (κ2) is 9.50. The molecule has 1 aliphatic heterocycles. The maximum Gasteiger partial charge on any atom is 0.227 e. The van der Waals surface area contributed by atoms with E-state index >= 15 is 0 Å². The number of amides is 1. The third-order valence-electron chi connectivity index (χ3n) is 4.81. The Balaban J connectivity index is 1.52. The molecule has 3 rings (SSSR count). The molecule has 1 atom stereocenters. The SMILES string of the molecule is CCOc1ccc(-c2noc(CCC(=O)N3CCCC(CNC)C3)n2)cc1. The van der Waals surface area contributed by atoms with Gasteiger partial charge in [0.25, 0.3) is 0 Å². The number of nitrogens with zero attached hydrogens (tertiary/aromatic N) is 3. The Morgan fingerprint density at radius 3 is 2.93 bits per heavy atom. The number of ether oxygens (including phenoxy) is 1. The number of benzene rings is 1. The number of aryl methyl sites for hydroxylation is 1. The number of likely N-dealkylation sites (tertiary alicyclic amines) is 1. The van der Waals surface area contributed by atoms with Crippen LogP contribution in [-0.2, 0) is 11.2 Å². The van der Waals surface area contributed by atoms with Gasteiger partial charge in [-0.15, -0.1) is 0 Å². The molecule has 0 bridgehead atoms. The fraction of sp³-hybridized carbons (Fsp3) is 0.550. The van der Waals surface area contributed by atoms with Crippen molar-refractivity contribution in [1.82, 2.24) is 20.4 Å². The molecule has 27 heavy (non-hydrogen) atoms. The molecule has 146 valence electrons. The lowest BCUT2D eigenvalue weighted by Gasteiger charge is -2.32. The van der Waals surface area contributed by atoms with Crippen molar-refractivity contribution in [3.63, 3.8) is 0 Å². The minimum atomic E-state index is 0.164. The smallest absolute Gasteiger partial charge is 0.227 e. The first-order valence-electron chi connectivity index (χ1n) is 9.67. The highest BCUT2D eigenvalue weighted by Crippen LogP contribution is 2.21. The van der Waals surface area contributed by atoms with E-state index in [0.717, 1.165) is 37.4 Å². The van der Waals surface area contributed by atoms with Crippen LogP contribution in [0, 0.1) is 5.92 Å². The zero-order chi connectivity index (χ0) is 19.1. The van der Waals surface area contributed by atoms with Crippen LogP contribution < -0.4 is 10.1 Å². The molecule has 2 heterocycles. The molecule has 1 N–H and O–H groups in total. The second-order valence-electron chi connectivity index (χ2n) is 6.87. The minimum absolute atomic E-state index is 0.164. The van der Waals surface area contributed by atoms with Gasteiger partial charge in [0.15, 0.2) is 0 Å². The van der Waals surface area contributed by atoms with Crippen molar-refractivity contribution in [2.45, 2.75) is 32.6 Å². The maximum absolute atomic E-state index is 12.5. The summed E-state index contributed by atoms with van der Waals surface area (Å²) in [7, 11) is 1.96. The van der Waals surface area contributed by atoms with Crippen LogP contribution in [0.1, 0.15) is 32.1 Å². The van der Waals surface area contributed by atoms with E-state index in [4.69, 9.17) is 9.26 Å². The molecule has 1 aromatic carbocycles. The topological polar surface area (TPSA) is 80.5 Å². The molecule has 0 aliphatic carbocycles. The predicted octanol–water partition coefficient (Wildman–Crippen LogP) is 2.53. The molecule has 0 radical (unpaired) electrons. The van der Waals surface area contributed by atoms with E-state index in [9.17, 15) is 4.79 Å². The van der Waals surface area contributed by atoms with E-state index in [0.29, 0.717) is 37.1 Å². The third kappa shape index (κ3) is 5.29. The summed E-state index contributed by atoms with van der Waals surface area (Å²) in [5.41, 5.74) is 0.866.